The summed E-state index contributed by atoms with van der Waals surface area (Å²) in [4.78, 5) is 6.68. The number of guanidine groups is 1. The fourth-order valence-corrected chi connectivity index (χ4v) is 3.01. The first-order chi connectivity index (χ1) is 10.7. The van der Waals surface area contributed by atoms with Crippen LogP contribution in [-0.2, 0) is 12.8 Å². The van der Waals surface area contributed by atoms with Crippen molar-refractivity contribution in [2.75, 3.05) is 25.0 Å². The minimum Gasteiger partial charge on any atom is -0.361 e. The van der Waals surface area contributed by atoms with E-state index in [0.29, 0.717) is 0 Å². The standard InChI is InChI=1S/C17H22N4O/c1-12-15(13(2)22-20-12)8-10-19-17(18-3)21-11-9-14-6-4-5-7-16(14)21/h4-7H,8-11H2,1-3H3,(H,18,19). The number of nitrogens with zero attached hydrogens (tertiary/aromatic N) is 3. The largest absolute Gasteiger partial charge is 0.361 e. The van der Waals surface area contributed by atoms with E-state index in [-0.39, 0.29) is 0 Å². The van der Waals surface area contributed by atoms with Gasteiger partial charge in [-0.3, -0.25) is 4.99 Å². The number of hydrogen-bond donors (Lipinski definition) is 1. The molecule has 0 bridgehead atoms. The highest BCUT2D eigenvalue weighted by Gasteiger charge is 2.22. The predicted molar refractivity (Wildman–Crippen MR) is 88.5 cm³/mol. The summed E-state index contributed by atoms with van der Waals surface area (Å²) in [6, 6.07) is 8.51. The molecule has 1 aromatic carbocycles. The summed E-state index contributed by atoms with van der Waals surface area (Å²) in [5.41, 5.74) is 4.80. The van der Waals surface area contributed by atoms with Crippen molar-refractivity contribution in [3.8, 4) is 0 Å². The Morgan fingerprint density at radius 3 is 2.91 bits per heavy atom. The van der Waals surface area contributed by atoms with Crippen molar-refractivity contribution in [3.05, 3.63) is 46.8 Å². The summed E-state index contributed by atoms with van der Waals surface area (Å²) in [6.45, 7) is 5.73. The monoisotopic (exact) mass is 298 g/mol. The average Bonchev–Trinajstić information content (AvgIpc) is 3.09. The van der Waals surface area contributed by atoms with E-state index in [1.54, 1.807) is 0 Å². The smallest absolute Gasteiger partial charge is 0.198 e. The van der Waals surface area contributed by atoms with Crippen LogP contribution in [0.5, 0.6) is 0 Å². The van der Waals surface area contributed by atoms with Crippen LogP contribution in [0.4, 0.5) is 5.69 Å². The van der Waals surface area contributed by atoms with E-state index >= 15 is 0 Å². The van der Waals surface area contributed by atoms with E-state index in [2.05, 4.69) is 44.6 Å². The molecule has 5 heteroatoms. The zero-order valence-electron chi connectivity index (χ0n) is 13.4. The van der Waals surface area contributed by atoms with Crippen molar-refractivity contribution in [2.45, 2.75) is 26.7 Å². The van der Waals surface area contributed by atoms with Crippen LogP contribution >= 0.6 is 0 Å². The molecule has 0 radical (unpaired) electrons. The third-order valence-electron chi connectivity index (χ3n) is 4.19. The lowest BCUT2D eigenvalue weighted by molar-refractivity contribution is 0.392. The number of fused-ring (bicyclic) bond motifs is 1. The van der Waals surface area contributed by atoms with Crippen LogP contribution < -0.4 is 10.2 Å². The van der Waals surface area contributed by atoms with Gasteiger partial charge in [0.25, 0.3) is 0 Å². The molecule has 1 N–H and O–H groups in total. The lowest BCUT2D eigenvalue weighted by Crippen LogP contribution is -2.41. The van der Waals surface area contributed by atoms with Crippen molar-refractivity contribution < 1.29 is 4.52 Å². The van der Waals surface area contributed by atoms with Crippen LogP contribution in [0.25, 0.3) is 0 Å². The first-order valence-corrected chi connectivity index (χ1v) is 7.68. The molecular formula is C17H22N4O. The molecule has 0 aliphatic carbocycles. The molecule has 1 aliphatic rings. The normalized spacial score (nSPS) is 14.3. The van der Waals surface area contributed by atoms with E-state index in [0.717, 1.165) is 43.3 Å². The van der Waals surface area contributed by atoms with Gasteiger partial charge < -0.3 is 14.7 Å². The molecule has 0 atom stereocenters. The van der Waals surface area contributed by atoms with E-state index in [1.807, 2.05) is 20.9 Å². The SMILES string of the molecule is CN=C(NCCc1c(C)noc1C)N1CCc2ccccc21. The molecule has 1 aliphatic heterocycles. The maximum atomic E-state index is 5.21. The van der Waals surface area contributed by atoms with Crippen molar-refractivity contribution >= 4 is 11.6 Å². The number of aromatic nitrogens is 1. The first-order valence-electron chi connectivity index (χ1n) is 7.68. The van der Waals surface area contributed by atoms with Crippen molar-refractivity contribution in [3.63, 3.8) is 0 Å². The van der Waals surface area contributed by atoms with Gasteiger partial charge in [-0.15, -0.1) is 0 Å². The fourth-order valence-electron chi connectivity index (χ4n) is 3.01. The highest BCUT2D eigenvalue weighted by atomic mass is 16.5. The number of aliphatic imine (C=N–C) groups is 1. The highest BCUT2D eigenvalue weighted by Crippen LogP contribution is 2.27. The summed E-state index contributed by atoms with van der Waals surface area (Å²) < 4.78 is 5.21. The Balaban J connectivity index is 1.65. The predicted octanol–water partition coefficient (Wildman–Crippen LogP) is 2.47. The summed E-state index contributed by atoms with van der Waals surface area (Å²) >= 11 is 0. The third-order valence-corrected chi connectivity index (χ3v) is 4.19. The van der Waals surface area contributed by atoms with E-state index in [9.17, 15) is 0 Å². The molecule has 0 amide bonds. The third kappa shape index (κ3) is 2.71. The second-order valence-electron chi connectivity index (χ2n) is 5.56. The van der Waals surface area contributed by atoms with Gasteiger partial charge in [0.05, 0.1) is 5.69 Å². The Bertz CT molecular complexity index is 670. The molecule has 0 fully saturated rings. The van der Waals surface area contributed by atoms with Crippen molar-refractivity contribution in [1.82, 2.24) is 10.5 Å². The van der Waals surface area contributed by atoms with Crippen molar-refractivity contribution in [2.24, 2.45) is 4.99 Å². The summed E-state index contributed by atoms with van der Waals surface area (Å²) in [5.74, 6) is 1.83. The topological polar surface area (TPSA) is 53.7 Å². The average molecular weight is 298 g/mol. The quantitative estimate of drug-likeness (QED) is 0.698. The van der Waals surface area contributed by atoms with Crippen LogP contribution in [0.15, 0.2) is 33.8 Å². The van der Waals surface area contributed by atoms with E-state index < -0.39 is 0 Å². The van der Waals surface area contributed by atoms with Gasteiger partial charge in [0.15, 0.2) is 5.96 Å². The number of rotatable bonds is 3. The Morgan fingerprint density at radius 2 is 2.18 bits per heavy atom. The second-order valence-corrected chi connectivity index (χ2v) is 5.56. The number of benzene rings is 1. The summed E-state index contributed by atoms with van der Waals surface area (Å²) in [6.07, 6.45) is 1.95. The second kappa shape index (κ2) is 6.22. The van der Waals surface area contributed by atoms with Gasteiger partial charge in [-0.1, -0.05) is 23.4 Å². The molecule has 0 saturated heterocycles. The van der Waals surface area contributed by atoms with Crippen molar-refractivity contribution in [1.29, 1.82) is 0 Å². The fraction of sp³-hybridized carbons (Fsp3) is 0.412. The van der Waals surface area contributed by atoms with Crippen LogP contribution in [-0.4, -0.2) is 31.3 Å². The zero-order valence-corrected chi connectivity index (χ0v) is 13.4. The van der Waals surface area contributed by atoms with Gasteiger partial charge in [0.1, 0.15) is 5.76 Å². The van der Waals surface area contributed by atoms with Gasteiger partial charge in [-0.2, -0.15) is 0 Å². The van der Waals surface area contributed by atoms with Gasteiger partial charge >= 0.3 is 0 Å². The lowest BCUT2D eigenvalue weighted by Gasteiger charge is -2.22. The van der Waals surface area contributed by atoms with Crippen LogP contribution in [0.2, 0.25) is 0 Å². The molecule has 2 heterocycles. The molecule has 116 valence electrons. The minimum atomic E-state index is 0.814. The first kappa shape index (κ1) is 14.6. The number of nitrogens with one attached hydrogen (secondary N) is 1. The molecule has 1 aromatic heterocycles. The molecule has 2 aromatic rings. The highest BCUT2D eigenvalue weighted by molar-refractivity contribution is 5.97. The maximum absolute atomic E-state index is 5.21. The number of aryl methyl sites for hydroxylation is 2. The van der Waals surface area contributed by atoms with Gasteiger partial charge in [0, 0.05) is 31.4 Å². The van der Waals surface area contributed by atoms with E-state index in [1.165, 1.54) is 16.8 Å². The zero-order chi connectivity index (χ0) is 15.5. The molecule has 5 nitrogen and oxygen atoms in total. The van der Waals surface area contributed by atoms with Gasteiger partial charge in [-0.25, -0.2) is 0 Å². The Morgan fingerprint density at radius 1 is 1.36 bits per heavy atom. The molecule has 0 spiro atoms. The summed E-state index contributed by atoms with van der Waals surface area (Å²) in [7, 11) is 1.83. The molecule has 22 heavy (non-hydrogen) atoms. The van der Waals surface area contributed by atoms with Crippen LogP contribution in [0.1, 0.15) is 22.6 Å². The molecule has 0 unspecified atom stereocenters. The van der Waals surface area contributed by atoms with Crippen LogP contribution in [0, 0.1) is 13.8 Å². The summed E-state index contributed by atoms with van der Waals surface area (Å²) in [5, 5.41) is 7.45. The molecule has 3 rings (SSSR count). The van der Waals surface area contributed by atoms with Crippen LogP contribution in [0.3, 0.4) is 0 Å². The Hall–Kier alpha value is -2.30. The number of hydrogen-bond acceptors (Lipinski definition) is 3. The Labute approximate surface area is 131 Å². The number of para-hydroxylation sites is 1. The maximum Gasteiger partial charge on any atom is 0.198 e. The van der Waals surface area contributed by atoms with Gasteiger partial charge in [0.2, 0.25) is 0 Å². The van der Waals surface area contributed by atoms with Gasteiger partial charge in [-0.05, 0) is 38.3 Å². The molecular weight excluding hydrogens is 276 g/mol. The minimum absolute atomic E-state index is 0.814. The van der Waals surface area contributed by atoms with E-state index in [4.69, 9.17) is 4.52 Å². The lowest BCUT2D eigenvalue weighted by atomic mass is 10.1. The Kier molecular flexibility index (Phi) is 4.13. The number of anilines is 1. The molecule has 0 saturated carbocycles.